The quantitative estimate of drug-likeness (QED) is 0.447. The molecular formula is C32H46N4O5. The molecule has 3 fully saturated rings. The molecule has 3 heterocycles. The predicted octanol–water partition coefficient (Wildman–Crippen LogP) is 5.36. The maximum absolute atomic E-state index is 14.1. The Morgan fingerprint density at radius 1 is 0.951 bits per heavy atom. The van der Waals surface area contributed by atoms with Crippen LogP contribution >= 0.6 is 0 Å². The molecule has 5 rings (SSSR count). The molecule has 3 aliphatic rings. The van der Waals surface area contributed by atoms with E-state index in [1.165, 1.54) is 64.9 Å². The molecule has 1 aliphatic carbocycles. The van der Waals surface area contributed by atoms with Crippen LogP contribution in [0.5, 0.6) is 0 Å². The number of nitrogens with one attached hydrogen (secondary N) is 1. The van der Waals surface area contributed by atoms with Crippen molar-refractivity contribution in [2.24, 2.45) is 0 Å². The van der Waals surface area contributed by atoms with Crippen LogP contribution in [0.25, 0.3) is 11.0 Å². The molecule has 1 N–H and O–H groups in total. The lowest BCUT2D eigenvalue weighted by molar-refractivity contribution is -0.158. The minimum absolute atomic E-state index is 0.0423. The summed E-state index contributed by atoms with van der Waals surface area (Å²) in [5.41, 5.74) is 0.500. The SMILES string of the molecule is COC(=O)[C@@H](CC(=O)OC(C)(C)C)Nc1nc2ccccc2n([C@H]2C[C@H]3CC[C@@H](C2)N3C2CCCCCCC2)c1=O. The van der Waals surface area contributed by atoms with Gasteiger partial charge in [-0.3, -0.25) is 14.5 Å². The van der Waals surface area contributed by atoms with Gasteiger partial charge in [0.15, 0.2) is 5.82 Å². The molecule has 2 bridgehead atoms. The largest absolute Gasteiger partial charge is 0.467 e. The number of hydrogen-bond acceptors (Lipinski definition) is 8. The van der Waals surface area contributed by atoms with Crippen molar-refractivity contribution >= 4 is 28.8 Å². The summed E-state index contributed by atoms with van der Waals surface area (Å²) in [5, 5.41) is 2.97. The molecule has 2 aliphatic heterocycles. The Labute approximate surface area is 243 Å². The lowest BCUT2D eigenvalue weighted by atomic mass is 9.89. The minimum Gasteiger partial charge on any atom is -0.467 e. The van der Waals surface area contributed by atoms with Crippen LogP contribution in [0.15, 0.2) is 29.1 Å². The Hall–Kier alpha value is -2.94. The second-order valence-electron chi connectivity index (χ2n) is 13.1. The normalized spacial score (nSPS) is 24.8. The van der Waals surface area contributed by atoms with Gasteiger partial charge in [0.25, 0.3) is 5.56 Å². The van der Waals surface area contributed by atoms with Gasteiger partial charge in [-0.15, -0.1) is 0 Å². The molecule has 0 radical (unpaired) electrons. The van der Waals surface area contributed by atoms with Crippen LogP contribution in [0, 0.1) is 0 Å². The number of anilines is 1. The number of methoxy groups -OCH3 is 1. The van der Waals surface area contributed by atoms with E-state index in [9.17, 15) is 14.4 Å². The van der Waals surface area contributed by atoms with Crippen molar-refractivity contribution in [2.45, 2.75) is 134 Å². The first kappa shape index (κ1) is 29.5. The molecule has 1 aromatic carbocycles. The molecular weight excluding hydrogens is 520 g/mol. The van der Waals surface area contributed by atoms with E-state index in [2.05, 4.69) is 15.2 Å². The number of carbonyl (C=O) groups excluding carboxylic acids is 2. The zero-order valence-corrected chi connectivity index (χ0v) is 25.1. The van der Waals surface area contributed by atoms with Crippen molar-refractivity contribution in [2.75, 3.05) is 12.4 Å². The molecule has 9 nitrogen and oxygen atoms in total. The van der Waals surface area contributed by atoms with Crippen molar-refractivity contribution in [3.8, 4) is 0 Å². The third-order valence-corrected chi connectivity index (χ3v) is 9.01. The lowest BCUT2D eigenvalue weighted by Crippen LogP contribution is -2.50. The van der Waals surface area contributed by atoms with E-state index in [0.717, 1.165) is 18.4 Å². The van der Waals surface area contributed by atoms with Crippen molar-refractivity contribution in [1.29, 1.82) is 0 Å². The molecule has 0 unspecified atom stereocenters. The Balaban J connectivity index is 1.43. The number of hydrogen-bond donors (Lipinski definition) is 1. The van der Waals surface area contributed by atoms with Gasteiger partial charge in [0, 0.05) is 24.2 Å². The van der Waals surface area contributed by atoms with Crippen molar-refractivity contribution in [3.05, 3.63) is 34.6 Å². The Bertz CT molecular complexity index is 1280. The van der Waals surface area contributed by atoms with Crippen molar-refractivity contribution in [1.82, 2.24) is 14.5 Å². The van der Waals surface area contributed by atoms with Gasteiger partial charge in [-0.2, -0.15) is 0 Å². The lowest BCUT2D eigenvalue weighted by Gasteiger charge is -2.45. The van der Waals surface area contributed by atoms with Crippen molar-refractivity contribution < 1.29 is 19.1 Å². The number of para-hydroxylation sites is 2. The third-order valence-electron chi connectivity index (χ3n) is 9.01. The maximum Gasteiger partial charge on any atom is 0.328 e. The number of aromatic nitrogens is 2. The van der Waals surface area contributed by atoms with E-state index in [-0.39, 0.29) is 23.8 Å². The predicted molar refractivity (Wildman–Crippen MR) is 159 cm³/mol. The van der Waals surface area contributed by atoms with Gasteiger partial charge in [0.2, 0.25) is 0 Å². The van der Waals surface area contributed by atoms with Crippen LogP contribution in [-0.4, -0.2) is 63.3 Å². The van der Waals surface area contributed by atoms with Crippen LogP contribution in [0.2, 0.25) is 0 Å². The average molecular weight is 567 g/mol. The van der Waals surface area contributed by atoms with Crippen LogP contribution in [0.4, 0.5) is 5.82 Å². The van der Waals surface area contributed by atoms with E-state index in [4.69, 9.17) is 9.47 Å². The second kappa shape index (κ2) is 12.5. The summed E-state index contributed by atoms with van der Waals surface area (Å²) in [7, 11) is 1.26. The Morgan fingerprint density at radius 3 is 2.22 bits per heavy atom. The molecule has 224 valence electrons. The fourth-order valence-corrected chi connectivity index (χ4v) is 7.39. The highest BCUT2D eigenvalue weighted by Gasteiger charge is 2.44. The van der Waals surface area contributed by atoms with E-state index in [1.807, 2.05) is 28.8 Å². The maximum atomic E-state index is 14.1. The zero-order chi connectivity index (χ0) is 29.1. The van der Waals surface area contributed by atoms with Gasteiger partial charge in [-0.25, -0.2) is 9.78 Å². The van der Waals surface area contributed by atoms with Crippen LogP contribution < -0.4 is 10.9 Å². The van der Waals surface area contributed by atoms with E-state index < -0.39 is 23.6 Å². The van der Waals surface area contributed by atoms with Gasteiger partial charge in [-0.05, 0) is 71.4 Å². The fraction of sp³-hybridized carbons (Fsp3) is 0.688. The summed E-state index contributed by atoms with van der Waals surface area (Å²) in [6, 6.07) is 8.23. The summed E-state index contributed by atoms with van der Waals surface area (Å²) in [5.74, 6) is -1.15. The Morgan fingerprint density at radius 2 is 1.59 bits per heavy atom. The standard InChI is InChI=1S/C32H46N4O5/c1-32(2,3)41-28(37)20-26(31(39)40-4)34-29-30(38)36(27-15-11-10-14-25(27)33-29)24-18-22-16-17-23(19-24)35(22)21-12-8-6-5-7-9-13-21/h10-11,14-15,21-24,26H,5-9,12-13,16-20H2,1-4H3,(H,33,34)/t22-,23+,24+,26-/m1/s1. The number of ether oxygens (including phenoxy) is 2. The van der Waals surface area contributed by atoms with Crippen LogP contribution in [-0.2, 0) is 19.1 Å². The third kappa shape index (κ3) is 6.76. The molecule has 9 heteroatoms. The highest BCUT2D eigenvalue weighted by atomic mass is 16.6. The first-order valence-corrected chi connectivity index (χ1v) is 15.5. The number of benzene rings is 1. The average Bonchev–Trinajstić information content (AvgIpc) is 3.15. The van der Waals surface area contributed by atoms with Gasteiger partial charge < -0.3 is 19.4 Å². The molecule has 41 heavy (non-hydrogen) atoms. The summed E-state index contributed by atoms with van der Waals surface area (Å²) < 4.78 is 12.3. The molecule has 1 saturated carbocycles. The monoisotopic (exact) mass is 566 g/mol. The number of nitrogens with zero attached hydrogens (tertiary/aromatic N) is 3. The molecule has 4 atom stereocenters. The summed E-state index contributed by atoms with van der Waals surface area (Å²) in [4.78, 5) is 46.8. The Kier molecular flexibility index (Phi) is 9.02. The zero-order valence-electron chi connectivity index (χ0n) is 25.1. The van der Waals surface area contributed by atoms with Gasteiger partial charge in [0.05, 0.1) is 24.6 Å². The summed E-state index contributed by atoms with van der Waals surface area (Å²) in [6.45, 7) is 5.31. The molecule has 1 aromatic heterocycles. The fourth-order valence-electron chi connectivity index (χ4n) is 7.39. The van der Waals surface area contributed by atoms with E-state index >= 15 is 0 Å². The number of piperidine rings is 1. The van der Waals surface area contributed by atoms with E-state index in [0.29, 0.717) is 23.6 Å². The van der Waals surface area contributed by atoms with E-state index in [1.54, 1.807) is 20.8 Å². The highest BCUT2D eigenvalue weighted by Crippen LogP contribution is 2.44. The topological polar surface area (TPSA) is 103 Å². The van der Waals surface area contributed by atoms with Crippen molar-refractivity contribution in [3.63, 3.8) is 0 Å². The molecule has 2 aromatic rings. The smallest absolute Gasteiger partial charge is 0.328 e. The molecule has 2 saturated heterocycles. The first-order valence-electron chi connectivity index (χ1n) is 15.5. The summed E-state index contributed by atoms with van der Waals surface area (Å²) in [6.07, 6.45) is 13.2. The number of fused-ring (bicyclic) bond motifs is 3. The van der Waals surface area contributed by atoms with Gasteiger partial charge in [-0.1, -0.05) is 44.2 Å². The number of carbonyl (C=O) groups is 2. The summed E-state index contributed by atoms with van der Waals surface area (Å²) >= 11 is 0. The highest BCUT2D eigenvalue weighted by molar-refractivity contribution is 5.85. The first-order chi connectivity index (χ1) is 19.6. The number of esters is 2. The van der Waals surface area contributed by atoms with Gasteiger partial charge >= 0.3 is 11.9 Å². The minimum atomic E-state index is -1.10. The van der Waals surface area contributed by atoms with Gasteiger partial charge in [0.1, 0.15) is 11.6 Å². The van der Waals surface area contributed by atoms with Crippen LogP contribution in [0.1, 0.15) is 104 Å². The number of rotatable bonds is 7. The molecule has 0 amide bonds. The second-order valence-corrected chi connectivity index (χ2v) is 13.1. The van der Waals surface area contributed by atoms with Crippen LogP contribution in [0.3, 0.4) is 0 Å². The molecule has 0 spiro atoms.